The van der Waals surface area contributed by atoms with Gasteiger partial charge in [0.15, 0.2) is 11.5 Å². The standard InChI is InChI=1S/C21H23NO2/c23-18-10-4-9-17-20(18)24-19-14-22(13-15-6-2-1-3-7-15)16-8-5-11-21(17,19)12-16/h1-4,6-7,9-10,16,19,23H,5,8,11-14H2/t16?,19-,21+/m1/s1. The minimum absolute atomic E-state index is 0.115. The lowest BCUT2D eigenvalue weighted by Crippen LogP contribution is -2.59. The van der Waals surface area contributed by atoms with E-state index in [9.17, 15) is 5.11 Å². The van der Waals surface area contributed by atoms with Crippen LogP contribution in [-0.4, -0.2) is 28.7 Å². The molecule has 1 N–H and O–H groups in total. The highest BCUT2D eigenvalue weighted by Crippen LogP contribution is 2.56. The topological polar surface area (TPSA) is 32.7 Å². The van der Waals surface area contributed by atoms with E-state index in [-0.39, 0.29) is 11.5 Å². The summed E-state index contributed by atoms with van der Waals surface area (Å²) in [5.41, 5.74) is 2.73. The van der Waals surface area contributed by atoms with Gasteiger partial charge in [0.2, 0.25) is 0 Å². The third kappa shape index (κ3) is 2.01. The van der Waals surface area contributed by atoms with E-state index in [4.69, 9.17) is 4.74 Å². The zero-order valence-corrected chi connectivity index (χ0v) is 13.8. The number of para-hydroxylation sites is 1. The number of phenols is 1. The van der Waals surface area contributed by atoms with Crippen LogP contribution in [0.3, 0.4) is 0 Å². The molecule has 0 aromatic heterocycles. The SMILES string of the molecule is Oc1cccc2c1O[C@@H]1CN(Cc3ccccc3)C3CCC[C@]21C3. The van der Waals surface area contributed by atoms with Crippen molar-refractivity contribution in [2.45, 2.75) is 49.8 Å². The monoisotopic (exact) mass is 321 g/mol. The summed E-state index contributed by atoms with van der Waals surface area (Å²) in [6, 6.07) is 17.2. The first kappa shape index (κ1) is 14.4. The zero-order valence-electron chi connectivity index (χ0n) is 13.8. The molecule has 3 atom stereocenters. The van der Waals surface area contributed by atoms with Gasteiger partial charge >= 0.3 is 0 Å². The maximum atomic E-state index is 10.2. The molecule has 2 heterocycles. The molecule has 124 valence electrons. The van der Waals surface area contributed by atoms with Crippen LogP contribution in [0.1, 0.15) is 36.8 Å². The quantitative estimate of drug-likeness (QED) is 0.912. The second-order valence-corrected chi connectivity index (χ2v) is 7.58. The maximum Gasteiger partial charge on any atom is 0.165 e. The average Bonchev–Trinajstić information content (AvgIpc) is 2.91. The Kier molecular flexibility index (Phi) is 3.14. The molecule has 2 aromatic carbocycles. The predicted octanol–water partition coefficient (Wildman–Crippen LogP) is 3.85. The van der Waals surface area contributed by atoms with Gasteiger partial charge in [0, 0.05) is 30.1 Å². The normalized spacial score (nSPS) is 31.2. The number of nitrogens with zero attached hydrogens (tertiary/aromatic N) is 1. The van der Waals surface area contributed by atoms with E-state index in [0.717, 1.165) is 25.3 Å². The molecule has 1 unspecified atom stereocenters. The van der Waals surface area contributed by atoms with E-state index in [1.165, 1.54) is 30.4 Å². The van der Waals surface area contributed by atoms with E-state index in [1.807, 2.05) is 6.07 Å². The molecule has 3 heteroatoms. The van der Waals surface area contributed by atoms with E-state index in [1.54, 1.807) is 6.07 Å². The van der Waals surface area contributed by atoms with Crippen molar-refractivity contribution in [2.24, 2.45) is 0 Å². The summed E-state index contributed by atoms with van der Waals surface area (Å²) < 4.78 is 6.29. The van der Waals surface area contributed by atoms with Gasteiger partial charge in [-0.25, -0.2) is 0 Å². The molecule has 2 bridgehead atoms. The van der Waals surface area contributed by atoms with Crippen molar-refractivity contribution in [3.8, 4) is 11.5 Å². The second-order valence-electron chi connectivity index (χ2n) is 7.58. The third-order valence-corrected chi connectivity index (χ3v) is 6.31. The number of phenolic OH excluding ortho intramolecular Hbond substituents is 1. The Bertz CT molecular complexity index is 760. The Morgan fingerprint density at radius 2 is 2.00 bits per heavy atom. The van der Waals surface area contributed by atoms with Gasteiger partial charge in [-0.1, -0.05) is 48.9 Å². The summed E-state index contributed by atoms with van der Waals surface area (Å²) in [5.74, 6) is 1.04. The van der Waals surface area contributed by atoms with Gasteiger partial charge in [-0.3, -0.25) is 4.90 Å². The number of rotatable bonds is 2. The fourth-order valence-electron chi connectivity index (χ4n) is 5.18. The summed E-state index contributed by atoms with van der Waals surface area (Å²) in [4.78, 5) is 2.60. The van der Waals surface area contributed by atoms with Crippen LogP contribution in [0, 0.1) is 0 Å². The molecule has 2 aromatic rings. The number of hydrogen-bond acceptors (Lipinski definition) is 3. The number of hydrogen-bond donors (Lipinski definition) is 1. The van der Waals surface area contributed by atoms with Crippen molar-refractivity contribution in [3.63, 3.8) is 0 Å². The summed E-state index contributed by atoms with van der Waals surface area (Å²) in [5, 5.41) is 10.2. The molecule has 1 saturated carbocycles. The molecular formula is C21H23NO2. The van der Waals surface area contributed by atoms with E-state index in [2.05, 4.69) is 41.3 Å². The summed E-state index contributed by atoms with van der Waals surface area (Å²) in [6.45, 7) is 1.94. The minimum atomic E-state index is 0.115. The van der Waals surface area contributed by atoms with Crippen molar-refractivity contribution < 1.29 is 9.84 Å². The van der Waals surface area contributed by atoms with E-state index < -0.39 is 0 Å². The highest BCUT2D eigenvalue weighted by atomic mass is 16.5. The molecule has 2 fully saturated rings. The summed E-state index contributed by atoms with van der Waals surface area (Å²) in [7, 11) is 0. The first-order valence-corrected chi connectivity index (χ1v) is 9.03. The molecule has 0 radical (unpaired) electrons. The van der Waals surface area contributed by atoms with Gasteiger partial charge in [-0.15, -0.1) is 0 Å². The maximum absolute atomic E-state index is 10.2. The molecule has 3 nitrogen and oxygen atoms in total. The van der Waals surface area contributed by atoms with Crippen LogP contribution in [0.4, 0.5) is 0 Å². The highest BCUT2D eigenvalue weighted by molar-refractivity contribution is 5.54. The van der Waals surface area contributed by atoms with Crippen molar-refractivity contribution in [1.82, 2.24) is 4.90 Å². The minimum Gasteiger partial charge on any atom is -0.504 e. The number of ether oxygens (including phenoxy) is 1. The van der Waals surface area contributed by atoms with Crippen LogP contribution in [0.2, 0.25) is 0 Å². The van der Waals surface area contributed by atoms with Gasteiger partial charge in [0.1, 0.15) is 6.10 Å². The fraction of sp³-hybridized carbons (Fsp3) is 0.429. The Morgan fingerprint density at radius 1 is 1.12 bits per heavy atom. The van der Waals surface area contributed by atoms with Crippen LogP contribution in [0.15, 0.2) is 48.5 Å². The molecule has 24 heavy (non-hydrogen) atoms. The first-order valence-electron chi connectivity index (χ1n) is 9.03. The molecule has 1 spiro atoms. The van der Waals surface area contributed by atoms with E-state index in [0.29, 0.717) is 11.8 Å². The van der Waals surface area contributed by atoms with E-state index >= 15 is 0 Å². The molecule has 3 aliphatic rings. The van der Waals surface area contributed by atoms with Gasteiger partial charge in [0.25, 0.3) is 0 Å². The lowest BCUT2D eigenvalue weighted by molar-refractivity contribution is -0.0259. The molecule has 5 rings (SSSR count). The van der Waals surface area contributed by atoms with Crippen LogP contribution in [0.5, 0.6) is 11.5 Å². The number of aromatic hydroxyl groups is 1. The Balaban J connectivity index is 1.48. The molecule has 2 aliphatic heterocycles. The predicted molar refractivity (Wildman–Crippen MR) is 93.3 cm³/mol. The molecule has 1 saturated heterocycles. The smallest absolute Gasteiger partial charge is 0.165 e. The largest absolute Gasteiger partial charge is 0.504 e. The third-order valence-electron chi connectivity index (χ3n) is 6.31. The zero-order chi connectivity index (χ0) is 16.1. The highest BCUT2D eigenvalue weighted by Gasteiger charge is 2.56. The first-order chi connectivity index (χ1) is 11.8. The Labute approximate surface area is 142 Å². The average molecular weight is 321 g/mol. The Hall–Kier alpha value is -2.00. The second kappa shape index (κ2) is 5.25. The number of benzene rings is 2. The summed E-state index contributed by atoms with van der Waals surface area (Å²) in [6.07, 6.45) is 5.02. The van der Waals surface area contributed by atoms with Crippen molar-refractivity contribution >= 4 is 0 Å². The van der Waals surface area contributed by atoms with Crippen LogP contribution >= 0.6 is 0 Å². The van der Waals surface area contributed by atoms with Crippen LogP contribution < -0.4 is 4.74 Å². The van der Waals surface area contributed by atoms with Gasteiger partial charge in [-0.2, -0.15) is 0 Å². The molecule has 1 aliphatic carbocycles. The van der Waals surface area contributed by atoms with Crippen molar-refractivity contribution in [3.05, 3.63) is 59.7 Å². The fourth-order valence-corrected chi connectivity index (χ4v) is 5.18. The number of fused-ring (bicyclic) bond motifs is 2. The molecular weight excluding hydrogens is 298 g/mol. The van der Waals surface area contributed by atoms with Crippen LogP contribution in [0.25, 0.3) is 0 Å². The van der Waals surface area contributed by atoms with Gasteiger partial charge < -0.3 is 9.84 Å². The van der Waals surface area contributed by atoms with Crippen LogP contribution in [-0.2, 0) is 12.0 Å². The Morgan fingerprint density at radius 3 is 2.88 bits per heavy atom. The lowest BCUT2D eigenvalue weighted by Gasteiger charge is -2.51. The van der Waals surface area contributed by atoms with Crippen molar-refractivity contribution in [1.29, 1.82) is 0 Å². The van der Waals surface area contributed by atoms with Gasteiger partial charge in [0.05, 0.1) is 0 Å². The van der Waals surface area contributed by atoms with Gasteiger partial charge in [-0.05, 0) is 30.9 Å². The summed E-state index contributed by atoms with van der Waals surface area (Å²) >= 11 is 0. The van der Waals surface area contributed by atoms with Crippen molar-refractivity contribution in [2.75, 3.05) is 6.54 Å². The number of piperidine rings is 1. The molecule has 0 amide bonds. The number of likely N-dealkylation sites (tertiary alicyclic amines) is 1. The lowest BCUT2D eigenvalue weighted by atomic mass is 9.63.